The van der Waals surface area contributed by atoms with E-state index in [-0.39, 0.29) is 34.4 Å². The average molecular weight is 448 g/mol. The van der Waals surface area contributed by atoms with Crippen molar-refractivity contribution >= 4 is 44.8 Å². The second kappa shape index (κ2) is 8.92. The molecule has 0 aliphatic rings. The van der Waals surface area contributed by atoms with Gasteiger partial charge < -0.3 is 16.0 Å². The van der Waals surface area contributed by atoms with E-state index in [0.29, 0.717) is 0 Å². The lowest BCUT2D eigenvalue weighted by atomic mass is 10.2. The molecule has 0 unspecified atom stereocenters. The van der Waals surface area contributed by atoms with Gasteiger partial charge in [-0.05, 0) is 30.3 Å². The number of sulfonamides is 1. The summed E-state index contributed by atoms with van der Waals surface area (Å²) in [6, 6.07) is 9.90. The molecule has 31 heavy (non-hydrogen) atoms. The number of carbonyl (C=O) groups excluding carboxylic acids is 1. The summed E-state index contributed by atoms with van der Waals surface area (Å²) in [6.07, 6.45) is 1.85. The summed E-state index contributed by atoms with van der Waals surface area (Å²) in [6.45, 7) is 0. The minimum absolute atomic E-state index is 0.0854. The summed E-state index contributed by atoms with van der Waals surface area (Å²) in [5.41, 5.74) is 0.538. The van der Waals surface area contributed by atoms with E-state index in [1.165, 1.54) is 31.3 Å². The van der Waals surface area contributed by atoms with Gasteiger partial charge in [0.25, 0.3) is 5.91 Å². The molecule has 0 atom stereocenters. The molecule has 162 valence electrons. The molecule has 0 aliphatic heterocycles. The third-order valence-corrected chi connectivity index (χ3v) is 4.51. The van der Waals surface area contributed by atoms with Gasteiger partial charge in [0.1, 0.15) is 5.82 Å². The van der Waals surface area contributed by atoms with Crippen molar-refractivity contribution in [3.05, 3.63) is 65.9 Å². The zero-order valence-electron chi connectivity index (χ0n) is 16.4. The average Bonchev–Trinajstić information content (AvgIpc) is 2.72. The first-order chi connectivity index (χ1) is 14.7. The monoisotopic (exact) mass is 448 g/mol. The topological polar surface area (TPSA) is 125 Å². The van der Waals surface area contributed by atoms with Gasteiger partial charge in [-0.25, -0.2) is 22.2 Å². The molecular weight excluding hydrogens is 430 g/mol. The fourth-order valence-corrected chi connectivity index (χ4v) is 3.13. The number of nitrogens with one attached hydrogen (secondary N) is 4. The number of benzene rings is 2. The van der Waals surface area contributed by atoms with E-state index in [1.807, 2.05) is 0 Å². The number of hydrogen-bond acceptors (Lipinski definition) is 7. The van der Waals surface area contributed by atoms with Gasteiger partial charge in [0.15, 0.2) is 11.6 Å². The summed E-state index contributed by atoms with van der Waals surface area (Å²) < 4.78 is 53.8. The molecule has 2 aromatic carbocycles. The molecule has 3 aromatic rings. The highest BCUT2D eigenvalue weighted by Gasteiger charge is 2.14. The van der Waals surface area contributed by atoms with E-state index in [1.54, 1.807) is 12.1 Å². The first kappa shape index (κ1) is 21.9. The number of rotatable bonds is 7. The Morgan fingerprint density at radius 3 is 2.35 bits per heavy atom. The lowest BCUT2D eigenvalue weighted by molar-refractivity contribution is 0.0963. The van der Waals surface area contributed by atoms with Crippen molar-refractivity contribution in [3.63, 3.8) is 0 Å². The van der Waals surface area contributed by atoms with Crippen LogP contribution < -0.4 is 20.7 Å². The van der Waals surface area contributed by atoms with Crippen LogP contribution in [0.1, 0.15) is 10.4 Å². The molecule has 4 N–H and O–H groups in total. The van der Waals surface area contributed by atoms with Crippen molar-refractivity contribution in [3.8, 4) is 0 Å². The number of aromatic nitrogens is 2. The van der Waals surface area contributed by atoms with Gasteiger partial charge in [-0.3, -0.25) is 9.52 Å². The van der Waals surface area contributed by atoms with E-state index in [2.05, 4.69) is 30.6 Å². The Morgan fingerprint density at radius 1 is 0.968 bits per heavy atom. The minimum Gasteiger partial charge on any atom is -0.355 e. The number of carbonyl (C=O) groups is 1. The molecule has 9 nitrogen and oxygen atoms in total. The van der Waals surface area contributed by atoms with Gasteiger partial charge >= 0.3 is 0 Å². The molecule has 0 saturated heterocycles. The van der Waals surface area contributed by atoms with Crippen LogP contribution in [0.15, 0.2) is 48.7 Å². The molecule has 0 radical (unpaired) electrons. The summed E-state index contributed by atoms with van der Waals surface area (Å²) in [4.78, 5) is 19.5. The van der Waals surface area contributed by atoms with Gasteiger partial charge in [-0.1, -0.05) is 12.1 Å². The summed E-state index contributed by atoms with van der Waals surface area (Å²) in [5.74, 6) is -2.33. The standard InChI is InChI=1S/C19H18F2N6O3S/c1-22-18(28)11-7-8-12(20)16(9-11)25-19-23-10-13(21)17(26-19)24-14-5-3-4-6-15(14)27-31(2,29)30/h3-10,27H,1-2H3,(H,22,28)(H2,23,24,25,26). The molecule has 0 bridgehead atoms. The van der Waals surface area contributed by atoms with Crippen LogP contribution in [0.4, 0.5) is 37.6 Å². The van der Waals surface area contributed by atoms with Gasteiger partial charge in [0.2, 0.25) is 16.0 Å². The lowest BCUT2D eigenvalue weighted by Gasteiger charge is -2.14. The van der Waals surface area contributed by atoms with Gasteiger partial charge in [0.05, 0.1) is 29.5 Å². The van der Waals surface area contributed by atoms with E-state index in [0.717, 1.165) is 18.5 Å². The largest absolute Gasteiger partial charge is 0.355 e. The van der Waals surface area contributed by atoms with E-state index >= 15 is 0 Å². The molecule has 0 saturated carbocycles. The van der Waals surface area contributed by atoms with Crippen molar-refractivity contribution in [2.75, 3.05) is 28.7 Å². The predicted molar refractivity (Wildman–Crippen MR) is 113 cm³/mol. The third kappa shape index (κ3) is 5.63. The number of anilines is 5. The van der Waals surface area contributed by atoms with Crippen molar-refractivity contribution in [2.24, 2.45) is 0 Å². The zero-order valence-corrected chi connectivity index (χ0v) is 17.2. The van der Waals surface area contributed by atoms with Crippen LogP contribution >= 0.6 is 0 Å². The molecule has 0 aliphatic carbocycles. The van der Waals surface area contributed by atoms with Crippen LogP contribution in [0.5, 0.6) is 0 Å². The first-order valence-corrected chi connectivity index (χ1v) is 10.7. The number of hydrogen-bond donors (Lipinski definition) is 4. The van der Waals surface area contributed by atoms with Gasteiger partial charge in [0, 0.05) is 12.6 Å². The van der Waals surface area contributed by atoms with E-state index < -0.39 is 27.6 Å². The summed E-state index contributed by atoms with van der Waals surface area (Å²) in [5, 5.41) is 7.72. The maximum absolute atomic E-state index is 14.3. The highest BCUT2D eigenvalue weighted by molar-refractivity contribution is 7.92. The second-order valence-corrected chi connectivity index (χ2v) is 8.08. The molecule has 0 spiro atoms. The maximum Gasteiger partial charge on any atom is 0.251 e. The van der Waals surface area contributed by atoms with Crippen LogP contribution in [0, 0.1) is 11.6 Å². The minimum atomic E-state index is -3.57. The number of halogens is 2. The van der Waals surface area contributed by atoms with Crippen LogP contribution in [0.3, 0.4) is 0 Å². The number of para-hydroxylation sites is 2. The Balaban J connectivity index is 1.90. The van der Waals surface area contributed by atoms with Crippen molar-refractivity contribution in [2.45, 2.75) is 0 Å². The fraction of sp³-hybridized carbons (Fsp3) is 0.105. The smallest absolute Gasteiger partial charge is 0.251 e. The third-order valence-electron chi connectivity index (χ3n) is 3.92. The Labute approximate surface area is 177 Å². The summed E-state index contributed by atoms with van der Waals surface area (Å²) >= 11 is 0. The first-order valence-electron chi connectivity index (χ1n) is 8.81. The van der Waals surface area contributed by atoms with Crippen molar-refractivity contribution in [1.29, 1.82) is 0 Å². The molecule has 1 amide bonds. The summed E-state index contributed by atoms with van der Waals surface area (Å²) in [7, 11) is -2.13. The Bertz CT molecular complexity index is 1240. The molecular formula is C19H18F2N6O3S. The van der Waals surface area contributed by atoms with Crippen LogP contribution in [-0.2, 0) is 10.0 Å². The van der Waals surface area contributed by atoms with Crippen molar-refractivity contribution in [1.82, 2.24) is 15.3 Å². The zero-order chi connectivity index (χ0) is 22.6. The van der Waals surface area contributed by atoms with Crippen LogP contribution in [0.25, 0.3) is 0 Å². The fourth-order valence-electron chi connectivity index (χ4n) is 2.55. The van der Waals surface area contributed by atoms with Gasteiger partial charge in [-0.15, -0.1) is 0 Å². The quantitative estimate of drug-likeness (QED) is 0.438. The molecule has 1 aromatic heterocycles. The molecule has 12 heteroatoms. The maximum atomic E-state index is 14.3. The molecule has 0 fully saturated rings. The highest BCUT2D eigenvalue weighted by atomic mass is 32.2. The number of amides is 1. The Morgan fingerprint density at radius 2 is 1.68 bits per heavy atom. The second-order valence-electron chi connectivity index (χ2n) is 6.33. The Kier molecular flexibility index (Phi) is 6.30. The van der Waals surface area contributed by atoms with E-state index in [4.69, 9.17) is 0 Å². The molecule has 3 rings (SSSR count). The molecule has 1 heterocycles. The number of nitrogens with zero attached hydrogens (tertiary/aromatic N) is 2. The SMILES string of the molecule is CNC(=O)c1ccc(F)c(Nc2ncc(F)c(Nc3ccccc3NS(C)(=O)=O)n2)c1. The van der Waals surface area contributed by atoms with Crippen LogP contribution in [0.2, 0.25) is 0 Å². The highest BCUT2D eigenvalue weighted by Crippen LogP contribution is 2.27. The lowest BCUT2D eigenvalue weighted by Crippen LogP contribution is -2.18. The van der Waals surface area contributed by atoms with Crippen LogP contribution in [-0.4, -0.2) is 37.6 Å². The predicted octanol–water partition coefficient (Wildman–Crippen LogP) is 2.97. The van der Waals surface area contributed by atoms with E-state index in [9.17, 15) is 22.0 Å². The normalized spacial score (nSPS) is 11.0. The van der Waals surface area contributed by atoms with Crippen molar-refractivity contribution < 1.29 is 22.0 Å². The van der Waals surface area contributed by atoms with Gasteiger partial charge in [-0.2, -0.15) is 4.98 Å². The Hall–Kier alpha value is -3.80.